The van der Waals surface area contributed by atoms with Crippen LogP contribution in [0.3, 0.4) is 0 Å². The second-order valence-corrected chi connectivity index (χ2v) is 10.0. The lowest BCUT2D eigenvalue weighted by molar-refractivity contribution is -0.127. The summed E-state index contributed by atoms with van der Waals surface area (Å²) >= 11 is 1.54. The second kappa shape index (κ2) is 6.59. The molecule has 4 aliphatic carbocycles. The Morgan fingerprint density at radius 3 is 2.74 bits per heavy atom. The van der Waals surface area contributed by atoms with Crippen molar-refractivity contribution in [3.05, 3.63) is 16.0 Å². The molecular formula is C21H28N2O3S. The molecule has 146 valence electrons. The summed E-state index contributed by atoms with van der Waals surface area (Å²) in [5, 5.41) is 6.98. The van der Waals surface area contributed by atoms with Crippen LogP contribution in [0.15, 0.2) is 0 Å². The van der Waals surface area contributed by atoms with Gasteiger partial charge in [0.25, 0.3) is 5.91 Å². The molecule has 5 aliphatic rings. The van der Waals surface area contributed by atoms with Gasteiger partial charge in [0.05, 0.1) is 24.2 Å². The van der Waals surface area contributed by atoms with Crippen molar-refractivity contribution in [2.45, 2.75) is 58.5 Å². The summed E-state index contributed by atoms with van der Waals surface area (Å²) in [5.41, 5.74) is 1.59. The van der Waals surface area contributed by atoms with Gasteiger partial charge >= 0.3 is 0 Å². The minimum absolute atomic E-state index is 0.0544. The number of fused-ring (bicyclic) bond motifs is 1. The molecule has 2 unspecified atom stereocenters. The lowest BCUT2D eigenvalue weighted by atomic mass is 9.75. The number of amides is 2. The van der Waals surface area contributed by atoms with Gasteiger partial charge in [0.2, 0.25) is 5.91 Å². The number of thiophene rings is 1. The second-order valence-electron chi connectivity index (χ2n) is 8.92. The van der Waals surface area contributed by atoms with Gasteiger partial charge in [-0.3, -0.25) is 9.59 Å². The highest BCUT2D eigenvalue weighted by atomic mass is 32.1. The van der Waals surface area contributed by atoms with E-state index in [1.165, 1.54) is 30.6 Å². The Morgan fingerprint density at radius 1 is 1.22 bits per heavy atom. The van der Waals surface area contributed by atoms with Crippen LogP contribution in [-0.2, 0) is 22.6 Å². The Balaban J connectivity index is 1.44. The molecular weight excluding hydrogens is 360 g/mol. The largest absolute Gasteiger partial charge is 0.376 e. The lowest BCUT2D eigenvalue weighted by Crippen LogP contribution is -2.37. The van der Waals surface area contributed by atoms with Crippen molar-refractivity contribution in [2.75, 3.05) is 18.5 Å². The molecule has 0 radical (unpaired) electrons. The van der Waals surface area contributed by atoms with Crippen LogP contribution in [0.2, 0.25) is 0 Å². The molecule has 4 saturated carbocycles. The molecule has 2 N–H and O–H groups in total. The van der Waals surface area contributed by atoms with Crippen molar-refractivity contribution in [3.63, 3.8) is 0 Å². The van der Waals surface area contributed by atoms with Crippen LogP contribution in [0.5, 0.6) is 0 Å². The Hall–Kier alpha value is -1.40. The minimum Gasteiger partial charge on any atom is -0.376 e. The van der Waals surface area contributed by atoms with Gasteiger partial charge in [-0.15, -0.1) is 11.3 Å². The van der Waals surface area contributed by atoms with Crippen LogP contribution >= 0.6 is 11.3 Å². The molecule has 1 aromatic heterocycles. The number of hydrogen-bond acceptors (Lipinski definition) is 4. The molecule has 0 aromatic carbocycles. The molecule has 4 bridgehead atoms. The van der Waals surface area contributed by atoms with E-state index in [1.807, 2.05) is 6.92 Å². The zero-order chi connectivity index (χ0) is 18.6. The number of ether oxygens (including phenoxy) is 1. The van der Waals surface area contributed by atoms with Crippen molar-refractivity contribution >= 4 is 28.2 Å². The fourth-order valence-corrected chi connectivity index (χ4v) is 7.46. The maximum atomic E-state index is 13.4. The summed E-state index contributed by atoms with van der Waals surface area (Å²) in [6.45, 7) is 3.88. The fraction of sp³-hybridized carbons (Fsp3) is 0.714. The summed E-state index contributed by atoms with van der Waals surface area (Å²) in [5.74, 6) is 2.15. The van der Waals surface area contributed by atoms with Crippen molar-refractivity contribution in [1.29, 1.82) is 0 Å². The maximum Gasteiger partial charge on any atom is 0.254 e. The van der Waals surface area contributed by atoms with Crippen molar-refractivity contribution in [2.24, 2.45) is 23.2 Å². The van der Waals surface area contributed by atoms with Crippen LogP contribution < -0.4 is 10.6 Å². The smallest absolute Gasteiger partial charge is 0.254 e. The van der Waals surface area contributed by atoms with E-state index in [0.29, 0.717) is 31.2 Å². The lowest BCUT2D eigenvalue weighted by Gasteiger charge is -2.31. The molecule has 2 heterocycles. The summed E-state index contributed by atoms with van der Waals surface area (Å²) in [4.78, 5) is 27.4. The first-order valence-corrected chi connectivity index (χ1v) is 11.2. The predicted molar refractivity (Wildman–Crippen MR) is 105 cm³/mol. The van der Waals surface area contributed by atoms with Gasteiger partial charge in [0, 0.05) is 11.4 Å². The molecule has 0 spiro atoms. The van der Waals surface area contributed by atoms with Gasteiger partial charge in [-0.1, -0.05) is 6.92 Å². The molecule has 1 aromatic rings. The molecule has 0 saturated heterocycles. The first-order valence-electron chi connectivity index (χ1n) is 10.4. The van der Waals surface area contributed by atoms with E-state index in [-0.39, 0.29) is 17.2 Å². The van der Waals surface area contributed by atoms with E-state index in [4.69, 9.17) is 4.74 Å². The van der Waals surface area contributed by atoms with E-state index in [0.717, 1.165) is 53.0 Å². The molecule has 4 atom stereocenters. The fourth-order valence-electron chi connectivity index (χ4n) is 6.28. The van der Waals surface area contributed by atoms with E-state index in [2.05, 4.69) is 10.6 Å². The summed E-state index contributed by atoms with van der Waals surface area (Å²) in [7, 11) is 0. The number of carbonyl (C=O) groups excluding carboxylic acids is 2. The van der Waals surface area contributed by atoms with Crippen molar-refractivity contribution in [1.82, 2.24) is 5.32 Å². The van der Waals surface area contributed by atoms with E-state index in [9.17, 15) is 9.59 Å². The maximum absolute atomic E-state index is 13.4. The molecule has 1 aliphatic heterocycles. The zero-order valence-corrected chi connectivity index (χ0v) is 16.8. The van der Waals surface area contributed by atoms with Gasteiger partial charge in [0.15, 0.2) is 0 Å². The molecule has 27 heavy (non-hydrogen) atoms. The quantitative estimate of drug-likeness (QED) is 0.808. The van der Waals surface area contributed by atoms with E-state index < -0.39 is 0 Å². The van der Waals surface area contributed by atoms with Gasteiger partial charge in [0.1, 0.15) is 5.00 Å². The highest BCUT2D eigenvalue weighted by Crippen LogP contribution is 2.65. The molecule has 6 heteroatoms. The molecule has 4 fully saturated rings. The normalized spacial score (nSPS) is 33.1. The number of carbonyl (C=O) groups is 2. The highest BCUT2D eigenvalue weighted by Gasteiger charge is 2.61. The summed E-state index contributed by atoms with van der Waals surface area (Å²) < 4.78 is 5.58. The number of rotatable bonds is 5. The Labute approximate surface area is 164 Å². The van der Waals surface area contributed by atoms with E-state index in [1.54, 1.807) is 0 Å². The van der Waals surface area contributed by atoms with Crippen LogP contribution in [-0.4, -0.2) is 25.0 Å². The topological polar surface area (TPSA) is 67.4 Å². The monoisotopic (exact) mass is 388 g/mol. The van der Waals surface area contributed by atoms with Gasteiger partial charge in [-0.05, 0) is 68.3 Å². The Morgan fingerprint density at radius 2 is 2.00 bits per heavy atom. The third kappa shape index (κ3) is 2.75. The minimum atomic E-state index is -0.175. The molecule has 2 amide bonds. The van der Waals surface area contributed by atoms with Crippen LogP contribution in [0.1, 0.15) is 66.2 Å². The first kappa shape index (κ1) is 17.7. The standard InChI is InChI=1S/C21H28N2O3S/c1-2-4-22-18(24)17-15-3-5-26-11-16(15)27-19(17)23-20(25)21-9-12-6-13(10-21)8-14(21)7-12/h12-14H,2-11H2,1H3,(H,22,24)(H,23,25)/t12-,13+,14?,21?. The Bertz CT molecular complexity index is 773. The SMILES string of the molecule is CCCNC(=O)c1c(NC(=O)C23C[C@@H]4CC2C[C@@H](C4)C3)sc2c1CCOC2. The van der Waals surface area contributed by atoms with Gasteiger partial charge in [-0.2, -0.15) is 0 Å². The zero-order valence-electron chi connectivity index (χ0n) is 15.9. The number of hydrogen-bond donors (Lipinski definition) is 2. The van der Waals surface area contributed by atoms with Gasteiger partial charge < -0.3 is 15.4 Å². The highest BCUT2D eigenvalue weighted by molar-refractivity contribution is 7.17. The van der Waals surface area contributed by atoms with Gasteiger partial charge in [-0.25, -0.2) is 0 Å². The third-order valence-corrected chi connectivity index (χ3v) is 8.37. The van der Waals surface area contributed by atoms with Crippen molar-refractivity contribution < 1.29 is 14.3 Å². The average Bonchev–Trinajstić information content (AvgIpc) is 3.23. The predicted octanol–water partition coefficient (Wildman–Crippen LogP) is 3.73. The third-order valence-electron chi connectivity index (χ3n) is 7.25. The van der Waals surface area contributed by atoms with E-state index >= 15 is 0 Å². The molecule has 5 nitrogen and oxygen atoms in total. The average molecular weight is 389 g/mol. The number of nitrogens with one attached hydrogen (secondary N) is 2. The van der Waals surface area contributed by atoms with Crippen LogP contribution in [0.4, 0.5) is 5.00 Å². The van der Waals surface area contributed by atoms with Crippen LogP contribution in [0, 0.1) is 23.2 Å². The number of anilines is 1. The first-order chi connectivity index (χ1) is 13.1. The Kier molecular flexibility index (Phi) is 4.32. The van der Waals surface area contributed by atoms with Crippen LogP contribution in [0.25, 0.3) is 0 Å². The van der Waals surface area contributed by atoms with Crippen molar-refractivity contribution in [3.8, 4) is 0 Å². The summed E-state index contributed by atoms with van der Waals surface area (Å²) in [6.07, 6.45) is 7.51. The molecule has 6 rings (SSSR count). The summed E-state index contributed by atoms with van der Waals surface area (Å²) in [6, 6.07) is 0.